The molecule has 4 rings (SSSR count). The van der Waals surface area contributed by atoms with Gasteiger partial charge in [-0.25, -0.2) is 4.98 Å². The fourth-order valence-electron chi connectivity index (χ4n) is 4.09. The lowest BCUT2D eigenvalue weighted by atomic mass is 10.2. The normalized spacial score (nSPS) is 16.5. The van der Waals surface area contributed by atoms with E-state index in [4.69, 9.17) is 21.3 Å². The number of aromatic nitrogens is 2. The molecule has 1 unspecified atom stereocenters. The number of para-hydroxylation sites is 3. The van der Waals surface area contributed by atoms with Crippen LogP contribution in [0.4, 0.5) is 0 Å². The number of fused-ring (bicyclic) bond motifs is 1. The lowest BCUT2D eigenvalue weighted by molar-refractivity contribution is -0.131. The number of benzene rings is 2. The number of rotatable bonds is 7. The number of nitrogens with zero attached hydrogens (tertiary/aromatic N) is 3. The number of imidazole rings is 1. The van der Waals surface area contributed by atoms with E-state index in [-0.39, 0.29) is 11.9 Å². The van der Waals surface area contributed by atoms with Gasteiger partial charge >= 0.3 is 0 Å². The number of halogens is 1. The third-order valence-electron chi connectivity index (χ3n) is 5.48. The number of hydrogen-bond donors (Lipinski definition) is 0. The summed E-state index contributed by atoms with van der Waals surface area (Å²) < 4.78 is 8.12. The molecule has 2 aromatic carbocycles. The van der Waals surface area contributed by atoms with E-state index in [1.807, 2.05) is 54.3 Å². The number of likely N-dealkylation sites (tertiary alicyclic amines) is 1. The third kappa shape index (κ3) is 4.10. The number of carbonyl (C=O) groups excluding carboxylic acids is 1. The summed E-state index contributed by atoms with van der Waals surface area (Å²) in [7, 11) is 0. The van der Waals surface area contributed by atoms with Gasteiger partial charge in [0.1, 0.15) is 11.6 Å². The molecule has 6 heteroatoms. The average molecular weight is 412 g/mol. The number of ether oxygens (including phenoxy) is 1. The molecule has 152 valence electrons. The first-order valence-electron chi connectivity index (χ1n) is 10.3. The molecule has 1 fully saturated rings. The van der Waals surface area contributed by atoms with E-state index in [1.165, 1.54) is 0 Å². The van der Waals surface area contributed by atoms with E-state index in [1.54, 1.807) is 0 Å². The maximum atomic E-state index is 12.4. The molecular weight excluding hydrogens is 386 g/mol. The largest absolute Gasteiger partial charge is 0.492 e. The first-order valence-corrected chi connectivity index (χ1v) is 10.7. The molecule has 5 nitrogen and oxygen atoms in total. The van der Waals surface area contributed by atoms with Crippen LogP contribution in [0.3, 0.4) is 0 Å². The van der Waals surface area contributed by atoms with Crippen molar-refractivity contribution < 1.29 is 9.53 Å². The van der Waals surface area contributed by atoms with Crippen LogP contribution in [0.2, 0.25) is 5.02 Å². The highest BCUT2D eigenvalue weighted by Crippen LogP contribution is 2.34. The zero-order chi connectivity index (χ0) is 20.2. The van der Waals surface area contributed by atoms with Crippen LogP contribution in [-0.4, -0.2) is 33.5 Å². The van der Waals surface area contributed by atoms with Crippen LogP contribution in [-0.2, 0) is 11.3 Å². The lowest BCUT2D eigenvalue weighted by Crippen LogP contribution is -2.31. The second kappa shape index (κ2) is 8.87. The summed E-state index contributed by atoms with van der Waals surface area (Å²) >= 11 is 6.17. The summed E-state index contributed by atoms with van der Waals surface area (Å²) in [4.78, 5) is 19.3. The fraction of sp³-hybridized carbons (Fsp3) is 0.391. The van der Waals surface area contributed by atoms with E-state index in [9.17, 15) is 4.79 Å². The van der Waals surface area contributed by atoms with Crippen LogP contribution in [0.5, 0.6) is 5.75 Å². The van der Waals surface area contributed by atoms with Crippen molar-refractivity contribution in [2.45, 2.75) is 45.2 Å². The van der Waals surface area contributed by atoms with E-state index in [0.717, 1.165) is 49.2 Å². The molecule has 0 saturated carbocycles. The molecule has 1 amide bonds. The van der Waals surface area contributed by atoms with Crippen molar-refractivity contribution in [1.29, 1.82) is 0 Å². The second-order valence-electron chi connectivity index (χ2n) is 7.34. The molecule has 0 spiro atoms. The maximum Gasteiger partial charge on any atom is 0.222 e. The Bertz CT molecular complexity index is 1000. The van der Waals surface area contributed by atoms with Crippen LogP contribution >= 0.6 is 11.6 Å². The van der Waals surface area contributed by atoms with Crippen LogP contribution in [0.1, 0.15) is 44.5 Å². The molecule has 2 heterocycles. The van der Waals surface area contributed by atoms with Gasteiger partial charge in [0, 0.05) is 19.5 Å². The molecule has 29 heavy (non-hydrogen) atoms. The molecule has 0 aliphatic carbocycles. The first kappa shape index (κ1) is 19.8. The SMILES string of the molecule is CCC(=O)N1CCCC1c1nc2ccccc2n1CCCOc1ccccc1Cl. The average Bonchev–Trinajstić information content (AvgIpc) is 3.36. The smallest absolute Gasteiger partial charge is 0.222 e. The Labute approximate surface area is 176 Å². The van der Waals surface area contributed by atoms with E-state index in [2.05, 4.69) is 10.6 Å². The molecular formula is C23H26ClN3O2. The van der Waals surface area contributed by atoms with Crippen LogP contribution < -0.4 is 4.74 Å². The number of carbonyl (C=O) groups is 1. The van der Waals surface area contributed by atoms with Gasteiger partial charge in [0.05, 0.1) is 28.7 Å². The number of aryl methyl sites for hydroxylation is 1. The van der Waals surface area contributed by atoms with Gasteiger partial charge < -0.3 is 14.2 Å². The molecule has 1 saturated heterocycles. The highest BCUT2D eigenvalue weighted by molar-refractivity contribution is 6.32. The molecule has 0 radical (unpaired) electrons. The summed E-state index contributed by atoms with van der Waals surface area (Å²) in [5, 5.41) is 0.626. The summed E-state index contributed by atoms with van der Waals surface area (Å²) in [5.41, 5.74) is 2.08. The Balaban J connectivity index is 1.54. The van der Waals surface area contributed by atoms with Gasteiger partial charge in [0.2, 0.25) is 5.91 Å². The zero-order valence-corrected chi connectivity index (χ0v) is 17.4. The van der Waals surface area contributed by atoms with Gasteiger partial charge in [-0.2, -0.15) is 0 Å². The summed E-state index contributed by atoms with van der Waals surface area (Å²) in [6.07, 6.45) is 3.34. The van der Waals surface area contributed by atoms with Crippen molar-refractivity contribution in [3.63, 3.8) is 0 Å². The first-order chi connectivity index (χ1) is 14.2. The van der Waals surface area contributed by atoms with Crippen LogP contribution in [0, 0.1) is 0 Å². The van der Waals surface area contributed by atoms with Crippen molar-refractivity contribution in [3.8, 4) is 5.75 Å². The maximum absolute atomic E-state index is 12.4. The third-order valence-corrected chi connectivity index (χ3v) is 5.79. The van der Waals surface area contributed by atoms with Crippen LogP contribution in [0.15, 0.2) is 48.5 Å². The van der Waals surface area contributed by atoms with E-state index < -0.39 is 0 Å². The second-order valence-corrected chi connectivity index (χ2v) is 7.75. The van der Waals surface area contributed by atoms with Gasteiger partial charge in [-0.3, -0.25) is 4.79 Å². The monoisotopic (exact) mass is 411 g/mol. The number of amides is 1. The lowest BCUT2D eigenvalue weighted by Gasteiger charge is -2.25. The van der Waals surface area contributed by atoms with Gasteiger partial charge in [-0.05, 0) is 43.5 Å². The highest BCUT2D eigenvalue weighted by Gasteiger charge is 2.32. The van der Waals surface area contributed by atoms with Crippen molar-refractivity contribution in [3.05, 3.63) is 59.4 Å². The standard InChI is InChI=1S/C23H26ClN3O2/c1-2-22(28)26-14-7-12-20(26)23-25-18-10-4-5-11-19(18)27(23)15-8-16-29-21-13-6-3-9-17(21)24/h3-6,9-11,13,20H,2,7-8,12,14-16H2,1H3. The van der Waals surface area contributed by atoms with Gasteiger partial charge in [-0.1, -0.05) is 42.8 Å². The van der Waals surface area contributed by atoms with Gasteiger partial charge in [0.25, 0.3) is 0 Å². The Morgan fingerprint density at radius 3 is 2.83 bits per heavy atom. The quantitative estimate of drug-likeness (QED) is 0.500. The highest BCUT2D eigenvalue weighted by atomic mass is 35.5. The van der Waals surface area contributed by atoms with Crippen molar-refractivity contribution in [1.82, 2.24) is 14.5 Å². The molecule has 1 atom stereocenters. The minimum atomic E-state index is 0.0549. The summed E-state index contributed by atoms with van der Waals surface area (Å²) in [6.45, 7) is 4.09. The molecule has 1 aliphatic rings. The number of hydrogen-bond acceptors (Lipinski definition) is 3. The topological polar surface area (TPSA) is 47.4 Å². The van der Waals surface area contributed by atoms with Crippen molar-refractivity contribution >= 4 is 28.5 Å². The molecule has 0 N–H and O–H groups in total. The molecule has 1 aliphatic heterocycles. The zero-order valence-electron chi connectivity index (χ0n) is 16.7. The minimum Gasteiger partial charge on any atom is -0.492 e. The van der Waals surface area contributed by atoms with Crippen molar-refractivity contribution in [2.75, 3.05) is 13.2 Å². The summed E-state index contributed by atoms with van der Waals surface area (Å²) in [5.74, 6) is 1.90. The summed E-state index contributed by atoms with van der Waals surface area (Å²) in [6, 6.07) is 15.8. The Morgan fingerprint density at radius 1 is 1.21 bits per heavy atom. The van der Waals surface area contributed by atoms with Crippen molar-refractivity contribution in [2.24, 2.45) is 0 Å². The van der Waals surface area contributed by atoms with Crippen LogP contribution in [0.25, 0.3) is 11.0 Å². The fourth-order valence-corrected chi connectivity index (χ4v) is 4.28. The van der Waals surface area contributed by atoms with E-state index >= 15 is 0 Å². The molecule has 1 aromatic heterocycles. The Kier molecular flexibility index (Phi) is 6.05. The predicted octanol–water partition coefficient (Wildman–Crippen LogP) is 5.23. The molecule has 0 bridgehead atoms. The van der Waals surface area contributed by atoms with Gasteiger partial charge in [-0.15, -0.1) is 0 Å². The molecule has 3 aromatic rings. The van der Waals surface area contributed by atoms with Gasteiger partial charge in [0.15, 0.2) is 0 Å². The Hall–Kier alpha value is -2.53. The minimum absolute atomic E-state index is 0.0549. The van der Waals surface area contributed by atoms with E-state index in [0.29, 0.717) is 23.8 Å². The predicted molar refractivity (Wildman–Crippen MR) is 115 cm³/mol. The Morgan fingerprint density at radius 2 is 2.00 bits per heavy atom.